The van der Waals surface area contributed by atoms with E-state index < -0.39 is 5.97 Å². The maximum atomic E-state index is 10.6. The van der Waals surface area contributed by atoms with E-state index in [-0.39, 0.29) is 23.7 Å². The van der Waals surface area contributed by atoms with Crippen LogP contribution in [0.5, 0.6) is 0 Å². The summed E-state index contributed by atoms with van der Waals surface area (Å²) in [6.07, 6.45) is 1.03. The topological polar surface area (TPSA) is 69.9 Å². The highest BCUT2D eigenvalue weighted by atomic mass is 16.4. The molecule has 14 heavy (non-hydrogen) atoms. The van der Waals surface area contributed by atoms with E-state index in [2.05, 4.69) is 5.16 Å². The first-order chi connectivity index (χ1) is 6.39. The monoisotopic (exact) mass is 199 g/mol. The second-order valence-electron chi connectivity index (χ2n) is 4.65. The second-order valence-corrected chi connectivity index (χ2v) is 4.65. The van der Waals surface area contributed by atoms with Crippen LogP contribution in [0.4, 0.5) is 0 Å². The SMILES string of the molecule is C/C(=N/O)[C@H]1C[C@@H](CC(=O)O)C1(C)C. The summed E-state index contributed by atoms with van der Waals surface area (Å²) in [6.45, 7) is 5.84. The second kappa shape index (κ2) is 3.59. The lowest BCUT2D eigenvalue weighted by atomic mass is 9.52. The van der Waals surface area contributed by atoms with Crippen molar-refractivity contribution < 1.29 is 15.1 Å². The van der Waals surface area contributed by atoms with Crippen molar-refractivity contribution in [2.75, 3.05) is 0 Å². The van der Waals surface area contributed by atoms with E-state index in [4.69, 9.17) is 10.3 Å². The van der Waals surface area contributed by atoms with Gasteiger partial charge in [-0.1, -0.05) is 19.0 Å². The van der Waals surface area contributed by atoms with Gasteiger partial charge in [0.25, 0.3) is 0 Å². The molecule has 0 aromatic heterocycles. The van der Waals surface area contributed by atoms with Gasteiger partial charge in [0.05, 0.1) is 5.71 Å². The summed E-state index contributed by atoms with van der Waals surface area (Å²) >= 11 is 0. The minimum atomic E-state index is -0.750. The molecular formula is C10H17NO3. The van der Waals surface area contributed by atoms with Gasteiger partial charge >= 0.3 is 5.97 Å². The molecule has 0 spiro atoms. The van der Waals surface area contributed by atoms with Crippen molar-refractivity contribution in [3.8, 4) is 0 Å². The summed E-state index contributed by atoms with van der Waals surface area (Å²) in [4.78, 5) is 10.6. The number of carboxylic acids is 1. The largest absolute Gasteiger partial charge is 0.481 e. The van der Waals surface area contributed by atoms with E-state index in [1.807, 2.05) is 13.8 Å². The number of carbonyl (C=O) groups is 1. The number of hydrogen-bond donors (Lipinski definition) is 2. The van der Waals surface area contributed by atoms with Crippen LogP contribution in [0.3, 0.4) is 0 Å². The maximum Gasteiger partial charge on any atom is 0.303 e. The molecule has 0 unspecified atom stereocenters. The summed E-state index contributed by atoms with van der Waals surface area (Å²) in [5.74, 6) is -0.335. The Morgan fingerprint density at radius 2 is 2.14 bits per heavy atom. The summed E-state index contributed by atoms with van der Waals surface area (Å²) in [6, 6.07) is 0. The minimum Gasteiger partial charge on any atom is -0.481 e. The van der Waals surface area contributed by atoms with Gasteiger partial charge in [-0.3, -0.25) is 4.79 Å². The smallest absolute Gasteiger partial charge is 0.303 e. The average molecular weight is 199 g/mol. The minimum absolute atomic E-state index is 0.0608. The first-order valence-electron chi connectivity index (χ1n) is 4.80. The molecule has 1 aliphatic rings. The van der Waals surface area contributed by atoms with Gasteiger partial charge < -0.3 is 10.3 Å². The zero-order valence-electron chi connectivity index (χ0n) is 8.82. The third-order valence-corrected chi connectivity index (χ3v) is 3.55. The number of carboxylic acid groups (broad SMARTS) is 1. The lowest BCUT2D eigenvalue weighted by Crippen LogP contribution is -2.48. The Morgan fingerprint density at radius 3 is 2.50 bits per heavy atom. The molecule has 4 heteroatoms. The summed E-state index contributed by atoms with van der Waals surface area (Å²) in [7, 11) is 0. The van der Waals surface area contributed by atoms with Crippen molar-refractivity contribution >= 4 is 11.7 Å². The lowest BCUT2D eigenvalue weighted by molar-refractivity contribution is -0.142. The number of hydrogen-bond acceptors (Lipinski definition) is 3. The van der Waals surface area contributed by atoms with Crippen LogP contribution >= 0.6 is 0 Å². The number of aliphatic carboxylic acids is 1. The highest BCUT2D eigenvalue weighted by Gasteiger charge is 2.49. The molecule has 0 saturated heterocycles. The Hall–Kier alpha value is -1.06. The van der Waals surface area contributed by atoms with Crippen LogP contribution in [0.1, 0.15) is 33.6 Å². The molecule has 0 aromatic rings. The van der Waals surface area contributed by atoms with Crippen molar-refractivity contribution in [1.29, 1.82) is 0 Å². The molecule has 2 atom stereocenters. The molecule has 2 N–H and O–H groups in total. The molecule has 1 rings (SSSR count). The summed E-state index contributed by atoms with van der Waals surface area (Å²) in [5.41, 5.74) is 0.644. The Balaban J connectivity index is 2.63. The van der Waals surface area contributed by atoms with Crippen molar-refractivity contribution in [2.24, 2.45) is 22.4 Å². The number of nitrogens with zero attached hydrogens (tertiary/aromatic N) is 1. The van der Waals surface area contributed by atoms with Crippen LogP contribution in [0, 0.1) is 17.3 Å². The van der Waals surface area contributed by atoms with Gasteiger partial charge in [0.1, 0.15) is 0 Å². The Kier molecular flexibility index (Phi) is 2.83. The molecule has 4 nitrogen and oxygen atoms in total. The molecule has 0 radical (unpaired) electrons. The molecule has 1 fully saturated rings. The standard InChI is InChI=1S/C10H17NO3/c1-6(11-14)8-4-7(5-9(12)13)10(8,2)3/h7-8,14H,4-5H2,1-3H3,(H,12,13)/b11-6-/t7-,8+/m0/s1. The first kappa shape index (κ1) is 11.0. The molecule has 0 amide bonds. The van der Waals surface area contributed by atoms with Gasteiger partial charge in [0, 0.05) is 12.3 Å². The molecule has 80 valence electrons. The fourth-order valence-electron chi connectivity index (χ4n) is 2.35. The Morgan fingerprint density at radius 1 is 1.57 bits per heavy atom. The Labute approximate surface area is 83.6 Å². The van der Waals surface area contributed by atoms with Crippen molar-refractivity contribution in [2.45, 2.75) is 33.6 Å². The van der Waals surface area contributed by atoms with Crippen molar-refractivity contribution in [3.05, 3.63) is 0 Å². The van der Waals surface area contributed by atoms with E-state index in [0.717, 1.165) is 6.42 Å². The molecule has 1 saturated carbocycles. The van der Waals surface area contributed by atoms with Crippen molar-refractivity contribution in [3.63, 3.8) is 0 Å². The predicted octanol–water partition coefficient (Wildman–Crippen LogP) is 1.97. The quantitative estimate of drug-likeness (QED) is 0.415. The lowest BCUT2D eigenvalue weighted by Gasteiger charge is -2.51. The van der Waals surface area contributed by atoms with Gasteiger partial charge in [-0.15, -0.1) is 0 Å². The van der Waals surface area contributed by atoms with Gasteiger partial charge in [0.2, 0.25) is 0 Å². The van der Waals surface area contributed by atoms with Crippen LogP contribution in [-0.2, 0) is 4.79 Å². The number of oxime groups is 1. The highest BCUT2D eigenvalue weighted by molar-refractivity contribution is 5.85. The fraction of sp³-hybridized carbons (Fsp3) is 0.800. The zero-order chi connectivity index (χ0) is 10.9. The molecule has 0 heterocycles. The normalized spacial score (nSPS) is 30.9. The highest BCUT2D eigenvalue weighted by Crippen LogP contribution is 2.53. The molecule has 1 aliphatic carbocycles. The van der Waals surface area contributed by atoms with E-state index >= 15 is 0 Å². The van der Waals surface area contributed by atoms with Gasteiger partial charge in [-0.25, -0.2) is 0 Å². The zero-order valence-corrected chi connectivity index (χ0v) is 8.82. The summed E-state index contributed by atoms with van der Waals surface area (Å²) in [5, 5.41) is 20.5. The van der Waals surface area contributed by atoms with E-state index in [1.165, 1.54) is 0 Å². The third-order valence-electron chi connectivity index (χ3n) is 3.55. The van der Waals surface area contributed by atoms with E-state index in [0.29, 0.717) is 5.71 Å². The fourth-order valence-corrected chi connectivity index (χ4v) is 2.35. The first-order valence-corrected chi connectivity index (χ1v) is 4.80. The van der Waals surface area contributed by atoms with Crippen LogP contribution < -0.4 is 0 Å². The van der Waals surface area contributed by atoms with Gasteiger partial charge in [-0.05, 0) is 24.7 Å². The van der Waals surface area contributed by atoms with Crippen LogP contribution in [0.2, 0.25) is 0 Å². The molecular weight excluding hydrogens is 182 g/mol. The van der Waals surface area contributed by atoms with Gasteiger partial charge in [0.15, 0.2) is 0 Å². The Bertz CT molecular complexity index is 271. The molecule has 0 aliphatic heterocycles. The van der Waals surface area contributed by atoms with Crippen LogP contribution in [0.15, 0.2) is 5.16 Å². The molecule has 0 aromatic carbocycles. The van der Waals surface area contributed by atoms with Gasteiger partial charge in [-0.2, -0.15) is 0 Å². The maximum absolute atomic E-state index is 10.6. The van der Waals surface area contributed by atoms with Crippen LogP contribution in [0.25, 0.3) is 0 Å². The number of rotatable bonds is 3. The van der Waals surface area contributed by atoms with E-state index in [1.54, 1.807) is 6.92 Å². The average Bonchev–Trinajstić information content (AvgIpc) is 2.10. The summed E-state index contributed by atoms with van der Waals surface area (Å²) < 4.78 is 0. The van der Waals surface area contributed by atoms with Crippen LogP contribution in [-0.4, -0.2) is 22.0 Å². The molecule has 0 bridgehead atoms. The van der Waals surface area contributed by atoms with E-state index in [9.17, 15) is 4.79 Å². The van der Waals surface area contributed by atoms with Crippen molar-refractivity contribution in [1.82, 2.24) is 0 Å². The predicted molar refractivity (Wildman–Crippen MR) is 52.5 cm³/mol. The third kappa shape index (κ3) is 1.74.